The molecule has 1 aromatic rings. The van der Waals surface area contributed by atoms with Gasteiger partial charge in [-0.05, 0) is 55.0 Å². The van der Waals surface area contributed by atoms with Crippen LogP contribution in [0.1, 0.15) is 54.1 Å². The number of carbonyl (C=O) groups excluding carboxylic acids is 2. The Labute approximate surface area is 126 Å². The molecule has 21 heavy (non-hydrogen) atoms. The molecule has 3 rings (SSSR count). The third kappa shape index (κ3) is 3.24. The fourth-order valence-electron chi connectivity index (χ4n) is 3.46. The molecule has 3 heteroatoms. The lowest BCUT2D eigenvalue weighted by atomic mass is 9.76. The van der Waals surface area contributed by atoms with Crippen LogP contribution in [0.15, 0.2) is 18.2 Å². The van der Waals surface area contributed by atoms with Crippen molar-refractivity contribution in [2.75, 3.05) is 13.1 Å². The van der Waals surface area contributed by atoms with Crippen molar-refractivity contribution in [1.29, 1.82) is 0 Å². The van der Waals surface area contributed by atoms with Crippen LogP contribution in [0.3, 0.4) is 0 Å². The maximum absolute atomic E-state index is 12.4. The molecule has 1 N–H and O–H groups in total. The average Bonchev–Trinajstić information content (AvgIpc) is 2.84. The van der Waals surface area contributed by atoms with Gasteiger partial charge >= 0.3 is 0 Å². The van der Waals surface area contributed by atoms with E-state index in [4.69, 9.17) is 0 Å². The van der Waals surface area contributed by atoms with Gasteiger partial charge in [0.05, 0.1) is 0 Å². The van der Waals surface area contributed by atoms with Crippen LogP contribution < -0.4 is 5.32 Å². The molecule has 1 fully saturated rings. The first-order valence-electron chi connectivity index (χ1n) is 7.93. The number of rotatable bonds is 4. The number of hydrogen-bond donors (Lipinski definition) is 1. The first-order chi connectivity index (χ1) is 10.1. The van der Waals surface area contributed by atoms with Crippen LogP contribution in [0.4, 0.5) is 0 Å². The fraction of sp³-hybridized carbons (Fsp3) is 0.556. The minimum atomic E-state index is 0.219. The molecule has 0 aromatic heterocycles. The smallest absolute Gasteiger partial charge is 0.162 e. The van der Waals surface area contributed by atoms with Gasteiger partial charge in [0, 0.05) is 24.8 Å². The Hall–Kier alpha value is -1.48. The molecule has 2 aliphatic rings. The van der Waals surface area contributed by atoms with Gasteiger partial charge in [-0.25, -0.2) is 0 Å². The lowest BCUT2D eigenvalue weighted by Gasteiger charge is -2.33. The van der Waals surface area contributed by atoms with E-state index in [1.165, 1.54) is 0 Å². The highest BCUT2D eigenvalue weighted by molar-refractivity contribution is 5.97. The molecular formula is C18H23NO2. The molecule has 1 saturated heterocycles. The van der Waals surface area contributed by atoms with E-state index in [0.29, 0.717) is 24.7 Å². The highest BCUT2D eigenvalue weighted by Gasteiger charge is 2.27. The van der Waals surface area contributed by atoms with Crippen molar-refractivity contribution in [3.63, 3.8) is 0 Å². The highest BCUT2D eigenvalue weighted by atomic mass is 16.1. The molecule has 0 bridgehead atoms. The summed E-state index contributed by atoms with van der Waals surface area (Å²) in [5.41, 5.74) is 3.23. The molecule has 0 radical (unpaired) electrons. The molecular weight excluding hydrogens is 262 g/mol. The predicted octanol–water partition coefficient (Wildman–Crippen LogP) is 2.71. The maximum Gasteiger partial charge on any atom is 0.162 e. The summed E-state index contributed by atoms with van der Waals surface area (Å²) in [5.74, 6) is 0.480. The van der Waals surface area contributed by atoms with Crippen molar-refractivity contribution >= 4 is 11.6 Å². The molecule has 0 spiro atoms. The molecule has 1 aliphatic heterocycles. The van der Waals surface area contributed by atoms with Crippen molar-refractivity contribution in [3.8, 4) is 0 Å². The minimum Gasteiger partial charge on any atom is -0.317 e. The predicted molar refractivity (Wildman–Crippen MR) is 82.6 cm³/mol. The van der Waals surface area contributed by atoms with Crippen molar-refractivity contribution in [3.05, 3.63) is 34.9 Å². The SMILES string of the molecule is CC1(CCC(=O)c2ccc3c(c2)CC(=O)C3)CCNCC1. The van der Waals surface area contributed by atoms with Gasteiger partial charge in [0.15, 0.2) is 5.78 Å². The summed E-state index contributed by atoms with van der Waals surface area (Å²) in [7, 11) is 0. The van der Waals surface area contributed by atoms with Crippen LogP contribution in [0.5, 0.6) is 0 Å². The maximum atomic E-state index is 12.4. The van der Waals surface area contributed by atoms with Crippen molar-refractivity contribution in [2.24, 2.45) is 5.41 Å². The van der Waals surface area contributed by atoms with Crippen LogP contribution in [0, 0.1) is 5.41 Å². The molecule has 0 amide bonds. The summed E-state index contributed by atoms with van der Waals surface area (Å²) in [6.07, 6.45) is 4.92. The van der Waals surface area contributed by atoms with Crippen LogP contribution in [0.25, 0.3) is 0 Å². The third-order valence-corrected chi connectivity index (χ3v) is 5.07. The molecule has 1 heterocycles. The topological polar surface area (TPSA) is 46.2 Å². The molecule has 1 aromatic carbocycles. The van der Waals surface area contributed by atoms with Gasteiger partial charge in [0.2, 0.25) is 0 Å². The Bertz CT molecular complexity index is 571. The summed E-state index contributed by atoms with van der Waals surface area (Å²) in [4.78, 5) is 23.9. The van der Waals surface area contributed by atoms with Gasteiger partial charge in [-0.3, -0.25) is 9.59 Å². The summed E-state index contributed by atoms with van der Waals surface area (Å²) >= 11 is 0. The number of hydrogen-bond acceptors (Lipinski definition) is 3. The second kappa shape index (κ2) is 5.72. The number of nitrogens with one attached hydrogen (secondary N) is 1. The van der Waals surface area contributed by atoms with E-state index < -0.39 is 0 Å². The van der Waals surface area contributed by atoms with Crippen molar-refractivity contribution < 1.29 is 9.59 Å². The first-order valence-corrected chi connectivity index (χ1v) is 7.93. The van der Waals surface area contributed by atoms with Crippen LogP contribution in [-0.4, -0.2) is 24.7 Å². The van der Waals surface area contributed by atoms with E-state index in [2.05, 4.69) is 12.2 Å². The fourth-order valence-corrected chi connectivity index (χ4v) is 3.46. The number of fused-ring (bicyclic) bond motifs is 1. The van der Waals surface area contributed by atoms with E-state index in [1.807, 2.05) is 18.2 Å². The van der Waals surface area contributed by atoms with E-state index in [0.717, 1.165) is 49.0 Å². The van der Waals surface area contributed by atoms with E-state index in [1.54, 1.807) is 0 Å². The lowest BCUT2D eigenvalue weighted by Crippen LogP contribution is -2.35. The van der Waals surface area contributed by atoms with Gasteiger partial charge in [-0.15, -0.1) is 0 Å². The second-order valence-electron chi connectivity index (χ2n) is 6.86. The monoisotopic (exact) mass is 285 g/mol. The second-order valence-corrected chi connectivity index (χ2v) is 6.86. The van der Waals surface area contributed by atoms with E-state index >= 15 is 0 Å². The van der Waals surface area contributed by atoms with Gasteiger partial charge < -0.3 is 5.32 Å². The molecule has 3 nitrogen and oxygen atoms in total. The zero-order valence-corrected chi connectivity index (χ0v) is 12.7. The van der Waals surface area contributed by atoms with E-state index in [9.17, 15) is 9.59 Å². The largest absolute Gasteiger partial charge is 0.317 e. The standard InChI is InChI=1S/C18H23NO2/c1-18(6-8-19-9-7-18)5-4-17(21)14-3-2-13-11-16(20)12-15(13)10-14/h2-3,10,19H,4-9,11-12H2,1H3. The van der Waals surface area contributed by atoms with Crippen LogP contribution in [-0.2, 0) is 17.6 Å². The quantitative estimate of drug-likeness (QED) is 0.865. The average molecular weight is 285 g/mol. The van der Waals surface area contributed by atoms with Crippen molar-refractivity contribution in [2.45, 2.75) is 45.4 Å². The Balaban J connectivity index is 1.63. The van der Waals surface area contributed by atoms with Crippen molar-refractivity contribution in [1.82, 2.24) is 5.32 Å². The number of ketones is 2. The number of benzene rings is 1. The number of Topliss-reactive ketones (excluding diaryl/α,β-unsaturated/α-hetero) is 2. The van der Waals surface area contributed by atoms with Gasteiger partial charge in [-0.2, -0.15) is 0 Å². The highest BCUT2D eigenvalue weighted by Crippen LogP contribution is 2.33. The molecule has 112 valence electrons. The third-order valence-electron chi connectivity index (χ3n) is 5.07. The van der Waals surface area contributed by atoms with Crippen LogP contribution in [0.2, 0.25) is 0 Å². The molecule has 0 unspecified atom stereocenters. The Morgan fingerprint density at radius 1 is 1.19 bits per heavy atom. The molecule has 1 aliphatic carbocycles. The van der Waals surface area contributed by atoms with E-state index in [-0.39, 0.29) is 11.6 Å². The summed E-state index contributed by atoms with van der Waals surface area (Å²) in [5, 5.41) is 3.37. The normalized spacial score (nSPS) is 20.3. The molecule has 0 saturated carbocycles. The summed E-state index contributed by atoms with van der Waals surface area (Å²) < 4.78 is 0. The Morgan fingerprint density at radius 2 is 1.90 bits per heavy atom. The number of carbonyl (C=O) groups is 2. The number of piperidine rings is 1. The van der Waals surface area contributed by atoms with Gasteiger partial charge in [-0.1, -0.05) is 19.1 Å². The molecule has 0 atom stereocenters. The van der Waals surface area contributed by atoms with Gasteiger partial charge in [0.1, 0.15) is 5.78 Å². The Morgan fingerprint density at radius 3 is 2.67 bits per heavy atom. The lowest BCUT2D eigenvalue weighted by molar-refractivity contribution is -0.117. The minimum absolute atomic E-state index is 0.219. The summed E-state index contributed by atoms with van der Waals surface area (Å²) in [6.45, 7) is 4.42. The Kier molecular flexibility index (Phi) is 3.94. The van der Waals surface area contributed by atoms with Crippen LogP contribution >= 0.6 is 0 Å². The summed E-state index contributed by atoms with van der Waals surface area (Å²) in [6, 6.07) is 5.79. The first kappa shape index (κ1) is 14.5. The zero-order valence-electron chi connectivity index (χ0n) is 12.7. The van der Waals surface area contributed by atoms with Gasteiger partial charge in [0.25, 0.3) is 0 Å². The zero-order chi connectivity index (χ0) is 14.9.